The van der Waals surface area contributed by atoms with Gasteiger partial charge in [-0.15, -0.1) is 0 Å². The molecule has 0 aromatic carbocycles. The van der Waals surface area contributed by atoms with Crippen LogP contribution in [0, 0.1) is 11.3 Å². The maximum Gasteiger partial charge on any atom is 0.144 e. The zero-order valence-electron chi connectivity index (χ0n) is 10.9. The van der Waals surface area contributed by atoms with Gasteiger partial charge in [0.2, 0.25) is 0 Å². The number of morpholine rings is 1. The van der Waals surface area contributed by atoms with E-state index in [1.54, 1.807) is 0 Å². The van der Waals surface area contributed by atoms with Crippen LogP contribution in [0.15, 0.2) is 6.07 Å². The molecule has 0 bridgehead atoms. The van der Waals surface area contributed by atoms with Crippen LogP contribution in [0.25, 0.3) is 0 Å². The van der Waals surface area contributed by atoms with Crippen molar-refractivity contribution in [2.24, 2.45) is 0 Å². The maximum atomic E-state index is 9.22. The van der Waals surface area contributed by atoms with Gasteiger partial charge < -0.3 is 15.4 Å². The van der Waals surface area contributed by atoms with E-state index in [2.05, 4.69) is 21.7 Å². The summed E-state index contributed by atoms with van der Waals surface area (Å²) in [5.41, 5.74) is 3.04. The Hall–Kier alpha value is -1.64. The molecule has 1 aromatic heterocycles. The average molecular weight is 258 g/mol. The summed E-state index contributed by atoms with van der Waals surface area (Å²) < 4.78 is 5.41. The summed E-state index contributed by atoms with van der Waals surface area (Å²) in [6, 6.07) is 4.51. The van der Waals surface area contributed by atoms with E-state index in [9.17, 15) is 5.26 Å². The number of aromatic nitrogens is 1. The van der Waals surface area contributed by atoms with Gasteiger partial charge in [0.15, 0.2) is 0 Å². The lowest BCUT2D eigenvalue weighted by Crippen LogP contribution is -2.45. The van der Waals surface area contributed by atoms with Crippen molar-refractivity contribution in [3.63, 3.8) is 0 Å². The molecule has 100 valence electrons. The molecule has 1 aromatic rings. The van der Waals surface area contributed by atoms with Crippen molar-refractivity contribution in [1.82, 2.24) is 10.3 Å². The summed E-state index contributed by atoms with van der Waals surface area (Å²) in [6.45, 7) is 3.10. The molecule has 2 aliphatic rings. The molecule has 1 saturated heterocycles. The van der Waals surface area contributed by atoms with Crippen LogP contribution in [0.1, 0.15) is 23.2 Å². The van der Waals surface area contributed by atoms with Gasteiger partial charge in [-0.3, -0.25) is 0 Å². The lowest BCUT2D eigenvalue weighted by atomic mass is 10.1. The Kier molecular flexibility index (Phi) is 3.62. The van der Waals surface area contributed by atoms with Gasteiger partial charge in [0.1, 0.15) is 11.9 Å². The summed E-state index contributed by atoms with van der Waals surface area (Å²) in [5.74, 6) is 0.718. The summed E-state index contributed by atoms with van der Waals surface area (Å²) in [4.78, 5) is 4.61. The molecular formula is C14H18N4O. The molecule has 5 nitrogen and oxygen atoms in total. The Balaban J connectivity index is 1.71. The van der Waals surface area contributed by atoms with Crippen molar-refractivity contribution in [2.45, 2.75) is 25.3 Å². The summed E-state index contributed by atoms with van der Waals surface area (Å²) in [6.07, 6.45) is 3.23. The Morgan fingerprint density at radius 1 is 1.53 bits per heavy atom. The molecule has 1 atom stereocenters. The van der Waals surface area contributed by atoms with Crippen molar-refractivity contribution in [3.8, 4) is 6.07 Å². The normalized spacial score (nSPS) is 21.7. The fourth-order valence-corrected chi connectivity index (χ4v) is 2.66. The number of nitrogens with zero attached hydrogens (tertiary/aromatic N) is 2. The van der Waals surface area contributed by atoms with E-state index >= 15 is 0 Å². The quantitative estimate of drug-likeness (QED) is 0.841. The van der Waals surface area contributed by atoms with E-state index in [1.165, 1.54) is 5.56 Å². The van der Waals surface area contributed by atoms with Gasteiger partial charge in [-0.1, -0.05) is 0 Å². The highest BCUT2D eigenvalue weighted by Crippen LogP contribution is 2.24. The van der Waals surface area contributed by atoms with Crippen LogP contribution >= 0.6 is 0 Å². The lowest BCUT2D eigenvalue weighted by molar-refractivity contribution is 0.0806. The number of nitrogens with one attached hydrogen (secondary N) is 2. The van der Waals surface area contributed by atoms with Crippen molar-refractivity contribution in [3.05, 3.63) is 22.9 Å². The molecule has 1 aliphatic heterocycles. The highest BCUT2D eigenvalue weighted by Gasteiger charge is 2.18. The molecule has 3 rings (SSSR count). The van der Waals surface area contributed by atoms with Gasteiger partial charge in [0, 0.05) is 24.8 Å². The number of pyridine rings is 1. The molecule has 0 radical (unpaired) electrons. The molecule has 1 fully saturated rings. The molecule has 5 heteroatoms. The smallest absolute Gasteiger partial charge is 0.144 e. The number of hydrogen-bond acceptors (Lipinski definition) is 5. The van der Waals surface area contributed by atoms with E-state index in [-0.39, 0.29) is 6.04 Å². The average Bonchev–Trinajstić information content (AvgIpc) is 2.92. The number of rotatable bonds is 3. The van der Waals surface area contributed by atoms with Crippen molar-refractivity contribution < 1.29 is 4.74 Å². The molecule has 1 unspecified atom stereocenters. The molecule has 19 heavy (non-hydrogen) atoms. The van der Waals surface area contributed by atoms with Gasteiger partial charge in [-0.2, -0.15) is 5.26 Å². The van der Waals surface area contributed by atoms with Crippen molar-refractivity contribution >= 4 is 5.82 Å². The molecular weight excluding hydrogens is 240 g/mol. The second-order valence-corrected chi connectivity index (χ2v) is 5.06. The highest BCUT2D eigenvalue weighted by atomic mass is 16.5. The second kappa shape index (κ2) is 5.55. The SMILES string of the molecule is N#Cc1cc2c(nc1NCC1COCCN1)CCC2. The topological polar surface area (TPSA) is 70.0 Å². The van der Waals surface area contributed by atoms with Crippen LogP contribution in [0.4, 0.5) is 5.82 Å². The zero-order chi connectivity index (χ0) is 13.1. The molecule has 1 aliphatic carbocycles. The number of ether oxygens (including phenoxy) is 1. The van der Waals surface area contributed by atoms with Gasteiger partial charge in [0.25, 0.3) is 0 Å². The van der Waals surface area contributed by atoms with Crippen molar-refractivity contribution in [1.29, 1.82) is 5.26 Å². The number of nitriles is 1. The molecule has 2 heterocycles. The highest BCUT2D eigenvalue weighted by molar-refractivity contribution is 5.55. The van der Waals surface area contributed by atoms with E-state index in [0.29, 0.717) is 12.2 Å². The molecule has 0 saturated carbocycles. The van der Waals surface area contributed by atoms with Gasteiger partial charge in [0.05, 0.1) is 18.8 Å². The van der Waals surface area contributed by atoms with Gasteiger partial charge >= 0.3 is 0 Å². The third-order valence-electron chi connectivity index (χ3n) is 3.69. The molecule has 0 amide bonds. The Morgan fingerprint density at radius 2 is 2.47 bits per heavy atom. The fourth-order valence-electron chi connectivity index (χ4n) is 2.66. The minimum absolute atomic E-state index is 0.287. The number of anilines is 1. The van der Waals surface area contributed by atoms with E-state index < -0.39 is 0 Å². The predicted octanol–water partition coefficient (Wildman–Crippen LogP) is 0.842. The number of fused-ring (bicyclic) bond motifs is 1. The summed E-state index contributed by atoms with van der Waals surface area (Å²) in [5, 5.41) is 15.9. The first-order valence-electron chi connectivity index (χ1n) is 6.84. The van der Waals surface area contributed by atoms with Crippen LogP contribution < -0.4 is 10.6 Å². The largest absolute Gasteiger partial charge is 0.378 e. The second-order valence-electron chi connectivity index (χ2n) is 5.06. The third-order valence-corrected chi connectivity index (χ3v) is 3.69. The van der Waals surface area contributed by atoms with E-state index in [0.717, 1.165) is 50.5 Å². The predicted molar refractivity (Wildman–Crippen MR) is 72.1 cm³/mol. The van der Waals surface area contributed by atoms with Crippen molar-refractivity contribution in [2.75, 3.05) is 31.6 Å². The van der Waals surface area contributed by atoms with Crippen LogP contribution in [-0.2, 0) is 17.6 Å². The first kappa shape index (κ1) is 12.4. The summed E-state index contributed by atoms with van der Waals surface area (Å²) >= 11 is 0. The Bertz CT molecular complexity index is 503. The lowest BCUT2D eigenvalue weighted by Gasteiger charge is -2.24. The van der Waals surface area contributed by atoms with Gasteiger partial charge in [-0.25, -0.2) is 4.98 Å². The number of aryl methyl sites for hydroxylation is 2. The first-order valence-corrected chi connectivity index (χ1v) is 6.84. The molecule has 2 N–H and O–H groups in total. The minimum Gasteiger partial charge on any atom is -0.378 e. The van der Waals surface area contributed by atoms with Crippen LogP contribution in [0.2, 0.25) is 0 Å². The van der Waals surface area contributed by atoms with Gasteiger partial charge in [-0.05, 0) is 30.9 Å². The van der Waals surface area contributed by atoms with Crippen LogP contribution in [0.3, 0.4) is 0 Å². The zero-order valence-corrected chi connectivity index (χ0v) is 10.9. The Labute approximate surface area is 113 Å². The maximum absolute atomic E-state index is 9.22. The fraction of sp³-hybridized carbons (Fsp3) is 0.571. The minimum atomic E-state index is 0.287. The standard InChI is InChI=1S/C14H18N4O/c15-7-11-6-10-2-1-3-13(10)18-14(11)17-8-12-9-19-5-4-16-12/h6,12,16H,1-5,8-9H2,(H,17,18). The summed E-state index contributed by atoms with van der Waals surface area (Å²) in [7, 11) is 0. The van der Waals surface area contributed by atoms with E-state index in [4.69, 9.17) is 4.74 Å². The monoisotopic (exact) mass is 258 g/mol. The van der Waals surface area contributed by atoms with Crippen LogP contribution in [-0.4, -0.2) is 37.3 Å². The first-order chi connectivity index (χ1) is 9.36. The Morgan fingerprint density at radius 3 is 3.26 bits per heavy atom. The molecule has 0 spiro atoms. The number of hydrogen-bond donors (Lipinski definition) is 2. The van der Waals surface area contributed by atoms with E-state index in [1.807, 2.05) is 6.07 Å². The third kappa shape index (κ3) is 2.70. The van der Waals surface area contributed by atoms with Crippen LogP contribution in [0.5, 0.6) is 0 Å².